The first-order valence-corrected chi connectivity index (χ1v) is 9.25. The number of fused-ring (bicyclic) bond motifs is 1. The van der Waals surface area contributed by atoms with Crippen molar-refractivity contribution in [1.29, 1.82) is 0 Å². The van der Waals surface area contributed by atoms with Gasteiger partial charge in [0.2, 0.25) is 0 Å². The molecule has 0 aliphatic heterocycles. The van der Waals surface area contributed by atoms with Crippen molar-refractivity contribution in [3.63, 3.8) is 0 Å². The fourth-order valence-corrected chi connectivity index (χ4v) is 2.87. The van der Waals surface area contributed by atoms with Crippen molar-refractivity contribution in [3.05, 3.63) is 54.1 Å². The summed E-state index contributed by atoms with van der Waals surface area (Å²) in [5.74, 6) is 1.77. The second-order valence-electron chi connectivity index (χ2n) is 6.55. The fraction of sp³-hybridized carbons (Fsp3) is 0.273. The summed E-state index contributed by atoms with van der Waals surface area (Å²) in [6.07, 6.45) is 0.864. The van der Waals surface area contributed by atoms with Crippen molar-refractivity contribution >= 4 is 28.3 Å². The van der Waals surface area contributed by atoms with Gasteiger partial charge >= 0.3 is 0 Å². The third-order valence-electron chi connectivity index (χ3n) is 4.62. The van der Waals surface area contributed by atoms with E-state index in [9.17, 15) is 4.79 Å². The van der Waals surface area contributed by atoms with Crippen molar-refractivity contribution in [2.45, 2.75) is 26.3 Å². The zero-order chi connectivity index (χ0) is 20.1. The molecule has 28 heavy (non-hydrogen) atoms. The van der Waals surface area contributed by atoms with Crippen LogP contribution in [0.1, 0.15) is 30.6 Å². The first-order chi connectivity index (χ1) is 13.5. The van der Waals surface area contributed by atoms with E-state index in [0.717, 1.165) is 23.0 Å². The smallest absolute Gasteiger partial charge is 0.252 e. The highest BCUT2D eigenvalue weighted by Crippen LogP contribution is 2.32. The van der Waals surface area contributed by atoms with Gasteiger partial charge in [-0.1, -0.05) is 25.1 Å². The van der Waals surface area contributed by atoms with Crippen molar-refractivity contribution < 1.29 is 14.3 Å². The second-order valence-corrected chi connectivity index (χ2v) is 6.55. The fourth-order valence-electron chi connectivity index (χ4n) is 2.87. The summed E-state index contributed by atoms with van der Waals surface area (Å²) in [5.41, 5.74) is 2.06. The Morgan fingerprint density at radius 1 is 1.11 bits per heavy atom. The maximum atomic E-state index is 12.8. The zero-order valence-electron chi connectivity index (χ0n) is 16.6. The van der Waals surface area contributed by atoms with Gasteiger partial charge in [0, 0.05) is 17.5 Å². The number of amides is 1. The number of aromatic nitrogens is 1. The van der Waals surface area contributed by atoms with E-state index in [2.05, 4.69) is 15.6 Å². The van der Waals surface area contributed by atoms with Gasteiger partial charge in [-0.2, -0.15) is 0 Å². The molecule has 0 bridgehead atoms. The number of ether oxygens (including phenoxy) is 2. The SMILES string of the molecule is CC[C@H](C)NC(=O)c1cc(Nc2ccc(OC)cc2OC)nc2ccccc12. The van der Waals surface area contributed by atoms with Gasteiger partial charge in [0.05, 0.1) is 31.0 Å². The van der Waals surface area contributed by atoms with Gasteiger partial charge < -0.3 is 20.1 Å². The molecule has 1 atom stereocenters. The summed E-state index contributed by atoms with van der Waals surface area (Å²) in [6, 6.07) is 15.0. The highest BCUT2D eigenvalue weighted by atomic mass is 16.5. The van der Waals surface area contributed by atoms with Crippen LogP contribution in [0.5, 0.6) is 11.5 Å². The van der Waals surface area contributed by atoms with E-state index in [1.54, 1.807) is 26.4 Å². The lowest BCUT2D eigenvalue weighted by Gasteiger charge is -2.16. The Hall–Kier alpha value is -3.28. The van der Waals surface area contributed by atoms with Crippen LogP contribution in [0.25, 0.3) is 10.9 Å². The summed E-state index contributed by atoms with van der Waals surface area (Å²) in [6.45, 7) is 4.03. The van der Waals surface area contributed by atoms with Crippen molar-refractivity contribution in [3.8, 4) is 11.5 Å². The van der Waals surface area contributed by atoms with E-state index >= 15 is 0 Å². The Morgan fingerprint density at radius 2 is 1.89 bits per heavy atom. The lowest BCUT2D eigenvalue weighted by atomic mass is 10.1. The topological polar surface area (TPSA) is 72.5 Å². The minimum absolute atomic E-state index is 0.0949. The highest BCUT2D eigenvalue weighted by molar-refractivity contribution is 6.07. The molecular weight excluding hydrogens is 354 g/mol. The van der Waals surface area contributed by atoms with E-state index in [1.807, 2.05) is 50.2 Å². The third-order valence-corrected chi connectivity index (χ3v) is 4.62. The van der Waals surface area contributed by atoms with Gasteiger partial charge in [-0.25, -0.2) is 4.98 Å². The molecule has 0 saturated heterocycles. The summed E-state index contributed by atoms with van der Waals surface area (Å²) in [5, 5.41) is 7.10. The van der Waals surface area contributed by atoms with Crippen LogP contribution >= 0.6 is 0 Å². The monoisotopic (exact) mass is 379 g/mol. The number of methoxy groups -OCH3 is 2. The number of carbonyl (C=O) groups excluding carboxylic acids is 1. The molecule has 3 rings (SSSR count). The summed E-state index contributed by atoms with van der Waals surface area (Å²) < 4.78 is 10.7. The lowest BCUT2D eigenvalue weighted by molar-refractivity contribution is 0.0941. The molecule has 1 heterocycles. The Kier molecular flexibility index (Phi) is 5.99. The first-order valence-electron chi connectivity index (χ1n) is 9.25. The van der Waals surface area contributed by atoms with Crippen LogP contribution < -0.4 is 20.1 Å². The summed E-state index contributed by atoms with van der Waals surface area (Å²) in [4.78, 5) is 17.5. The van der Waals surface area contributed by atoms with E-state index in [4.69, 9.17) is 9.47 Å². The Labute approximate surface area is 164 Å². The summed E-state index contributed by atoms with van der Waals surface area (Å²) >= 11 is 0. The largest absolute Gasteiger partial charge is 0.497 e. The first kappa shape index (κ1) is 19.5. The number of benzene rings is 2. The van der Waals surface area contributed by atoms with Crippen LogP contribution in [0.3, 0.4) is 0 Å². The van der Waals surface area contributed by atoms with Gasteiger partial charge in [-0.05, 0) is 37.6 Å². The zero-order valence-corrected chi connectivity index (χ0v) is 16.6. The molecule has 6 heteroatoms. The summed E-state index contributed by atoms with van der Waals surface area (Å²) in [7, 11) is 3.20. The number of hydrogen-bond donors (Lipinski definition) is 2. The molecule has 2 aromatic carbocycles. The number of nitrogens with zero attached hydrogens (tertiary/aromatic N) is 1. The molecule has 1 amide bonds. The normalized spacial score (nSPS) is 11.7. The third kappa shape index (κ3) is 4.17. The number of carbonyl (C=O) groups is 1. The standard InChI is InChI=1S/C22H25N3O3/c1-5-14(2)23-22(26)17-13-21(24-18-9-7-6-8-16(17)18)25-19-11-10-15(27-3)12-20(19)28-4/h6-14H,5H2,1-4H3,(H,23,26)(H,24,25)/t14-/m0/s1. The maximum Gasteiger partial charge on any atom is 0.252 e. The van der Waals surface area contributed by atoms with Crippen LogP contribution in [0.15, 0.2) is 48.5 Å². The predicted molar refractivity (Wildman–Crippen MR) is 112 cm³/mol. The molecule has 0 aliphatic carbocycles. The van der Waals surface area contributed by atoms with E-state index in [-0.39, 0.29) is 11.9 Å². The molecule has 146 valence electrons. The molecule has 0 radical (unpaired) electrons. The predicted octanol–water partition coefficient (Wildman–Crippen LogP) is 4.52. The molecule has 0 unspecified atom stereocenters. The van der Waals surface area contributed by atoms with Gasteiger partial charge in [0.25, 0.3) is 5.91 Å². The number of rotatable bonds is 7. The Bertz CT molecular complexity index is 988. The van der Waals surface area contributed by atoms with Crippen molar-refractivity contribution in [2.75, 3.05) is 19.5 Å². The molecule has 2 N–H and O–H groups in total. The second kappa shape index (κ2) is 8.61. The lowest BCUT2D eigenvalue weighted by Crippen LogP contribution is -2.32. The molecule has 6 nitrogen and oxygen atoms in total. The van der Waals surface area contributed by atoms with E-state index in [0.29, 0.717) is 22.9 Å². The van der Waals surface area contributed by atoms with Gasteiger partial charge in [0.15, 0.2) is 0 Å². The average Bonchev–Trinajstić information content (AvgIpc) is 2.73. The number of para-hydroxylation sites is 1. The van der Waals surface area contributed by atoms with Crippen LogP contribution in [0.4, 0.5) is 11.5 Å². The number of pyridine rings is 1. The van der Waals surface area contributed by atoms with Gasteiger partial charge in [-0.15, -0.1) is 0 Å². The number of nitrogens with one attached hydrogen (secondary N) is 2. The number of hydrogen-bond acceptors (Lipinski definition) is 5. The molecule has 3 aromatic rings. The molecule has 0 saturated carbocycles. The minimum Gasteiger partial charge on any atom is -0.497 e. The van der Waals surface area contributed by atoms with E-state index in [1.165, 1.54) is 0 Å². The molecule has 0 fully saturated rings. The number of anilines is 2. The maximum absolute atomic E-state index is 12.8. The van der Waals surface area contributed by atoms with Crippen LogP contribution in [-0.2, 0) is 0 Å². The van der Waals surface area contributed by atoms with Gasteiger partial charge in [-0.3, -0.25) is 4.79 Å². The van der Waals surface area contributed by atoms with Gasteiger partial charge in [0.1, 0.15) is 17.3 Å². The van der Waals surface area contributed by atoms with Crippen LogP contribution in [0.2, 0.25) is 0 Å². The molecule has 0 aliphatic rings. The quantitative estimate of drug-likeness (QED) is 0.631. The highest BCUT2D eigenvalue weighted by Gasteiger charge is 2.15. The van der Waals surface area contributed by atoms with Crippen LogP contribution in [0, 0.1) is 0 Å². The molecule has 1 aromatic heterocycles. The molecular formula is C22H25N3O3. The Balaban J connectivity index is 2.02. The Morgan fingerprint density at radius 3 is 2.61 bits per heavy atom. The molecule has 0 spiro atoms. The van der Waals surface area contributed by atoms with Crippen molar-refractivity contribution in [1.82, 2.24) is 10.3 Å². The van der Waals surface area contributed by atoms with Crippen molar-refractivity contribution in [2.24, 2.45) is 0 Å². The van der Waals surface area contributed by atoms with Crippen LogP contribution in [-0.4, -0.2) is 31.2 Å². The average molecular weight is 379 g/mol. The van der Waals surface area contributed by atoms with E-state index < -0.39 is 0 Å². The minimum atomic E-state index is -0.113.